The van der Waals surface area contributed by atoms with Crippen LogP contribution >= 0.6 is 11.6 Å². The second kappa shape index (κ2) is 4.97. The summed E-state index contributed by atoms with van der Waals surface area (Å²) in [4.78, 5) is 10.6. The van der Waals surface area contributed by atoms with Gasteiger partial charge in [-0.3, -0.25) is 4.79 Å². The lowest BCUT2D eigenvalue weighted by molar-refractivity contribution is 0.112. The van der Waals surface area contributed by atoms with E-state index in [1.807, 2.05) is 0 Å². The number of hydrogen-bond donors (Lipinski definition) is 1. The zero-order valence-corrected chi connectivity index (χ0v) is 9.54. The van der Waals surface area contributed by atoms with Crippen LogP contribution in [0.3, 0.4) is 0 Å². The average molecular weight is 250 g/mol. The van der Waals surface area contributed by atoms with Crippen molar-refractivity contribution in [1.29, 1.82) is 0 Å². The summed E-state index contributed by atoms with van der Waals surface area (Å²) in [5.41, 5.74) is 1.94. The molecule has 2 aromatic carbocycles. The predicted octanol–water partition coefficient (Wildman–Crippen LogP) is 4.04. The van der Waals surface area contributed by atoms with E-state index < -0.39 is 0 Å². The van der Waals surface area contributed by atoms with E-state index in [1.165, 1.54) is 12.1 Å². The Labute approximate surface area is 103 Å². The Bertz CT molecular complexity index is 540. The number of hydrogen-bond acceptors (Lipinski definition) is 2. The highest BCUT2D eigenvalue weighted by Gasteiger charge is 2.01. The molecule has 0 aromatic heterocycles. The fraction of sp³-hybridized carbons (Fsp3) is 0. The van der Waals surface area contributed by atoms with Gasteiger partial charge in [0.2, 0.25) is 0 Å². The van der Waals surface area contributed by atoms with E-state index in [9.17, 15) is 9.18 Å². The summed E-state index contributed by atoms with van der Waals surface area (Å²) >= 11 is 5.89. The number of nitrogens with one attached hydrogen (secondary N) is 1. The van der Waals surface area contributed by atoms with Gasteiger partial charge in [0.1, 0.15) is 5.82 Å². The van der Waals surface area contributed by atoms with Gasteiger partial charge in [-0.2, -0.15) is 0 Å². The van der Waals surface area contributed by atoms with Gasteiger partial charge in [-0.1, -0.05) is 11.6 Å². The summed E-state index contributed by atoms with van der Waals surface area (Å²) in [5, 5.41) is 3.44. The van der Waals surface area contributed by atoms with Crippen molar-refractivity contribution in [2.24, 2.45) is 0 Å². The lowest BCUT2D eigenvalue weighted by Crippen LogP contribution is -1.91. The maximum Gasteiger partial charge on any atom is 0.151 e. The number of anilines is 2. The van der Waals surface area contributed by atoms with Gasteiger partial charge in [-0.15, -0.1) is 0 Å². The molecule has 0 aliphatic rings. The number of benzene rings is 2. The van der Waals surface area contributed by atoms with Gasteiger partial charge in [0.05, 0.1) is 5.02 Å². The van der Waals surface area contributed by atoms with E-state index in [-0.39, 0.29) is 5.82 Å². The molecule has 0 saturated heterocycles. The Morgan fingerprint density at radius 3 is 2.29 bits per heavy atom. The topological polar surface area (TPSA) is 29.1 Å². The van der Waals surface area contributed by atoms with Gasteiger partial charge < -0.3 is 5.32 Å². The van der Waals surface area contributed by atoms with Gasteiger partial charge in [-0.05, 0) is 42.5 Å². The fourth-order valence-corrected chi connectivity index (χ4v) is 1.63. The minimum Gasteiger partial charge on any atom is -0.355 e. The highest BCUT2D eigenvalue weighted by atomic mass is 35.5. The van der Waals surface area contributed by atoms with Crippen molar-refractivity contribution in [1.82, 2.24) is 0 Å². The lowest BCUT2D eigenvalue weighted by atomic mass is 10.2. The van der Waals surface area contributed by atoms with Crippen LogP contribution in [0.2, 0.25) is 5.02 Å². The van der Waals surface area contributed by atoms with E-state index in [2.05, 4.69) is 5.32 Å². The standard InChI is InChI=1S/C13H9ClFNO/c14-13-7-12(4-1-9(13)8-17)16-11-5-2-10(15)3-6-11/h1-8,16H. The molecule has 0 atom stereocenters. The Balaban J connectivity index is 2.21. The quantitative estimate of drug-likeness (QED) is 0.832. The van der Waals surface area contributed by atoms with Crippen LogP contribution in [-0.4, -0.2) is 6.29 Å². The molecular formula is C13H9ClFNO. The van der Waals surface area contributed by atoms with Crippen LogP contribution in [0.1, 0.15) is 10.4 Å². The molecule has 0 bridgehead atoms. The Morgan fingerprint density at radius 2 is 1.71 bits per heavy atom. The van der Waals surface area contributed by atoms with Gasteiger partial charge in [0, 0.05) is 16.9 Å². The first-order valence-electron chi connectivity index (χ1n) is 4.96. The molecule has 0 spiro atoms. The Hall–Kier alpha value is -1.87. The number of carbonyl (C=O) groups is 1. The van der Waals surface area contributed by atoms with E-state index in [0.29, 0.717) is 16.9 Å². The van der Waals surface area contributed by atoms with Crippen molar-refractivity contribution in [3.8, 4) is 0 Å². The van der Waals surface area contributed by atoms with Crippen LogP contribution in [-0.2, 0) is 0 Å². The summed E-state index contributed by atoms with van der Waals surface area (Å²) in [6, 6.07) is 11.0. The zero-order valence-electron chi connectivity index (χ0n) is 8.78. The molecule has 0 fully saturated rings. The van der Waals surface area contributed by atoms with Gasteiger partial charge in [0.25, 0.3) is 0 Å². The molecule has 4 heteroatoms. The Kier molecular flexibility index (Phi) is 3.40. The van der Waals surface area contributed by atoms with E-state index in [4.69, 9.17) is 11.6 Å². The summed E-state index contributed by atoms with van der Waals surface area (Å²) in [6.07, 6.45) is 0.698. The minimum absolute atomic E-state index is 0.287. The molecule has 0 radical (unpaired) electrons. The van der Waals surface area contributed by atoms with Crippen molar-refractivity contribution in [2.75, 3.05) is 5.32 Å². The molecule has 86 valence electrons. The van der Waals surface area contributed by atoms with Crippen molar-refractivity contribution in [2.45, 2.75) is 0 Å². The molecule has 0 heterocycles. The van der Waals surface area contributed by atoms with Crippen LogP contribution in [0.5, 0.6) is 0 Å². The monoisotopic (exact) mass is 249 g/mol. The van der Waals surface area contributed by atoms with Crippen LogP contribution < -0.4 is 5.32 Å². The number of rotatable bonds is 3. The SMILES string of the molecule is O=Cc1ccc(Nc2ccc(F)cc2)cc1Cl. The Morgan fingerprint density at radius 1 is 1.06 bits per heavy atom. The summed E-state index contributed by atoms with van der Waals surface area (Å²) < 4.78 is 12.7. The van der Waals surface area contributed by atoms with Crippen LogP contribution in [0, 0.1) is 5.82 Å². The van der Waals surface area contributed by atoms with E-state index in [1.54, 1.807) is 30.3 Å². The molecule has 17 heavy (non-hydrogen) atoms. The van der Waals surface area contributed by atoms with Crippen LogP contribution in [0.25, 0.3) is 0 Å². The normalized spacial score (nSPS) is 10.0. The summed E-state index contributed by atoms with van der Waals surface area (Å²) in [7, 11) is 0. The molecule has 0 aliphatic heterocycles. The van der Waals surface area contributed by atoms with Gasteiger partial charge in [-0.25, -0.2) is 4.39 Å². The first-order valence-corrected chi connectivity index (χ1v) is 5.34. The molecule has 0 amide bonds. The second-order valence-electron chi connectivity index (χ2n) is 3.49. The third kappa shape index (κ3) is 2.82. The number of halogens is 2. The molecular weight excluding hydrogens is 241 g/mol. The third-order valence-electron chi connectivity index (χ3n) is 2.26. The molecule has 2 aromatic rings. The summed E-state index contributed by atoms with van der Waals surface area (Å²) in [6.45, 7) is 0. The van der Waals surface area contributed by atoms with Crippen molar-refractivity contribution >= 4 is 29.3 Å². The highest BCUT2D eigenvalue weighted by molar-refractivity contribution is 6.33. The highest BCUT2D eigenvalue weighted by Crippen LogP contribution is 2.22. The van der Waals surface area contributed by atoms with Crippen molar-refractivity contribution < 1.29 is 9.18 Å². The van der Waals surface area contributed by atoms with Crippen molar-refractivity contribution in [3.05, 3.63) is 58.9 Å². The molecule has 2 rings (SSSR count). The number of aldehydes is 1. The fourth-order valence-electron chi connectivity index (χ4n) is 1.40. The van der Waals surface area contributed by atoms with Gasteiger partial charge >= 0.3 is 0 Å². The maximum absolute atomic E-state index is 12.7. The molecule has 0 saturated carbocycles. The van der Waals surface area contributed by atoms with E-state index in [0.717, 1.165) is 11.4 Å². The largest absolute Gasteiger partial charge is 0.355 e. The second-order valence-corrected chi connectivity index (χ2v) is 3.89. The molecule has 0 unspecified atom stereocenters. The average Bonchev–Trinajstić information content (AvgIpc) is 2.32. The minimum atomic E-state index is -0.287. The maximum atomic E-state index is 12.7. The molecule has 0 aliphatic carbocycles. The summed E-state index contributed by atoms with van der Waals surface area (Å²) in [5.74, 6) is -0.287. The van der Waals surface area contributed by atoms with Crippen molar-refractivity contribution in [3.63, 3.8) is 0 Å². The zero-order chi connectivity index (χ0) is 12.3. The first-order chi connectivity index (χ1) is 8.19. The van der Waals surface area contributed by atoms with Crippen LogP contribution in [0.4, 0.5) is 15.8 Å². The predicted molar refractivity (Wildman–Crippen MR) is 66.5 cm³/mol. The lowest BCUT2D eigenvalue weighted by Gasteiger charge is -2.07. The number of carbonyl (C=O) groups excluding carboxylic acids is 1. The van der Waals surface area contributed by atoms with Crippen LogP contribution in [0.15, 0.2) is 42.5 Å². The third-order valence-corrected chi connectivity index (χ3v) is 2.59. The first kappa shape index (κ1) is 11.6. The van der Waals surface area contributed by atoms with Gasteiger partial charge in [0.15, 0.2) is 6.29 Å². The van der Waals surface area contributed by atoms with E-state index >= 15 is 0 Å². The molecule has 2 nitrogen and oxygen atoms in total. The molecule has 1 N–H and O–H groups in total. The smallest absolute Gasteiger partial charge is 0.151 e.